The van der Waals surface area contributed by atoms with Crippen molar-refractivity contribution in [3.05, 3.63) is 101 Å². The summed E-state index contributed by atoms with van der Waals surface area (Å²) in [5.41, 5.74) is 4.95. The molecule has 0 fully saturated rings. The molecule has 7 heteroatoms. The van der Waals surface area contributed by atoms with Crippen molar-refractivity contribution < 1.29 is 0 Å². The average molecular weight is 558 g/mol. The molecule has 2 heterocycles. The minimum absolute atomic E-state index is 0. The van der Waals surface area contributed by atoms with Crippen LogP contribution in [0.1, 0.15) is 16.0 Å². The monoisotopic (exact) mass is 557 g/mol. The van der Waals surface area contributed by atoms with Crippen LogP contribution in [-0.2, 0) is 19.5 Å². The number of rotatable bonds is 8. The molecule has 0 saturated carbocycles. The number of nitrogens with zero attached hydrogens (tertiary/aromatic N) is 3. The molecule has 0 unspecified atom stereocenters. The highest BCUT2D eigenvalue weighted by Gasteiger charge is 2.06. The Balaban J connectivity index is 0.00000289. The third-order valence-corrected chi connectivity index (χ3v) is 6.06. The first-order valence-corrected chi connectivity index (χ1v) is 11.3. The van der Waals surface area contributed by atoms with Gasteiger partial charge in [-0.15, -0.1) is 35.3 Å². The quantitative estimate of drug-likeness (QED) is 0.178. The minimum Gasteiger partial charge on any atom is -0.356 e. The average Bonchev–Trinajstić information content (AvgIpc) is 3.51. The molecule has 32 heavy (non-hydrogen) atoms. The molecule has 0 bridgehead atoms. The second-order valence-corrected chi connectivity index (χ2v) is 8.30. The number of benzene rings is 2. The molecule has 0 aliphatic heterocycles. The summed E-state index contributed by atoms with van der Waals surface area (Å²) in [4.78, 5) is 9.85. The fourth-order valence-electron chi connectivity index (χ4n) is 3.50. The van der Waals surface area contributed by atoms with Crippen molar-refractivity contribution in [3.63, 3.8) is 0 Å². The zero-order valence-corrected chi connectivity index (χ0v) is 21.2. The maximum atomic E-state index is 4.36. The van der Waals surface area contributed by atoms with Crippen LogP contribution in [0.15, 0.2) is 89.8 Å². The predicted molar refractivity (Wildman–Crippen MR) is 145 cm³/mol. The van der Waals surface area contributed by atoms with Crippen LogP contribution < -0.4 is 10.6 Å². The van der Waals surface area contributed by atoms with Gasteiger partial charge >= 0.3 is 0 Å². The Kier molecular flexibility index (Phi) is 9.30. The van der Waals surface area contributed by atoms with E-state index in [2.05, 4.69) is 91.2 Å². The normalized spacial score (nSPS) is 11.1. The third kappa shape index (κ3) is 6.67. The molecule has 0 aliphatic rings. The van der Waals surface area contributed by atoms with Gasteiger partial charge in [0.05, 0.1) is 6.33 Å². The molecule has 0 saturated heterocycles. The zero-order valence-electron chi connectivity index (χ0n) is 18.1. The Hall–Kier alpha value is -2.65. The number of aliphatic imine (C=N–C) groups is 1. The molecular formula is C25H28IN5S. The van der Waals surface area contributed by atoms with Gasteiger partial charge < -0.3 is 15.2 Å². The van der Waals surface area contributed by atoms with Crippen molar-refractivity contribution >= 4 is 41.3 Å². The number of guanidine groups is 1. The smallest absolute Gasteiger partial charge is 0.191 e. The summed E-state index contributed by atoms with van der Waals surface area (Å²) in [6.07, 6.45) is 6.63. The first-order chi connectivity index (χ1) is 15.3. The van der Waals surface area contributed by atoms with Crippen LogP contribution in [-0.4, -0.2) is 29.1 Å². The Bertz CT molecular complexity index is 1090. The lowest BCUT2D eigenvalue weighted by atomic mass is 9.98. The zero-order chi connectivity index (χ0) is 21.3. The number of hydrogen-bond donors (Lipinski definition) is 2. The van der Waals surface area contributed by atoms with Crippen molar-refractivity contribution in [2.75, 3.05) is 13.6 Å². The van der Waals surface area contributed by atoms with Crippen molar-refractivity contribution in [1.82, 2.24) is 20.2 Å². The SMILES string of the molecule is CN=C(NCCc1cccs1)NCc1ccccc1-c1ccc(Cn2ccnc2)cc1.I. The molecule has 2 N–H and O–H groups in total. The van der Waals surface area contributed by atoms with Crippen molar-refractivity contribution in [3.8, 4) is 11.1 Å². The maximum Gasteiger partial charge on any atom is 0.191 e. The van der Waals surface area contributed by atoms with Gasteiger partial charge in [-0.1, -0.05) is 54.6 Å². The highest BCUT2D eigenvalue weighted by atomic mass is 127. The maximum absolute atomic E-state index is 4.36. The Morgan fingerprint density at radius 2 is 1.88 bits per heavy atom. The van der Waals surface area contributed by atoms with Crippen LogP contribution in [0.3, 0.4) is 0 Å². The van der Waals surface area contributed by atoms with Gasteiger partial charge in [-0.05, 0) is 40.1 Å². The summed E-state index contributed by atoms with van der Waals surface area (Å²) in [7, 11) is 1.81. The van der Waals surface area contributed by atoms with Gasteiger partial charge in [0.2, 0.25) is 0 Å². The fourth-order valence-corrected chi connectivity index (χ4v) is 4.20. The molecule has 4 aromatic rings. The predicted octanol–water partition coefficient (Wildman–Crippen LogP) is 5.19. The second-order valence-electron chi connectivity index (χ2n) is 7.27. The van der Waals surface area contributed by atoms with E-state index in [0.717, 1.165) is 25.5 Å². The Morgan fingerprint density at radius 1 is 1.03 bits per heavy atom. The van der Waals surface area contributed by atoms with E-state index in [4.69, 9.17) is 0 Å². The van der Waals surface area contributed by atoms with E-state index < -0.39 is 0 Å². The summed E-state index contributed by atoms with van der Waals surface area (Å²) in [6.45, 7) is 2.41. The molecule has 5 nitrogen and oxygen atoms in total. The molecule has 0 spiro atoms. The van der Waals surface area contributed by atoms with Gasteiger partial charge in [0.25, 0.3) is 0 Å². The molecule has 166 valence electrons. The standard InChI is InChI=1S/C25H27N5S.HI/c1-26-25(28-13-12-23-6-4-16-31-23)29-17-22-5-2-3-7-24(22)21-10-8-20(9-11-21)18-30-15-14-27-19-30;/h2-11,14-16,19H,12-13,17-18H2,1H3,(H2,26,28,29);1H. The lowest BCUT2D eigenvalue weighted by Gasteiger charge is -2.14. The van der Waals surface area contributed by atoms with E-state index in [1.165, 1.54) is 27.1 Å². The Labute approximate surface area is 210 Å². The summed E-state index contributed by atoms with van der Waals surface area (Å²) >= 11 is 1.79. The van der Waals surface area contributed by atoms with Crippen LogP contribution >= 0.6 is 35.3 Å². The molecule has 0 atom stereocenters. The van der Waals surface area contributed by atoms with Crippen LogP contribution in [0.2, 0.25) is 0 Å². The van der Waals surface area contributed by atoms with Gasteiger partial charge in [0.1, 0.15) is 0 Å². The number of imidazole rings is 1. The minimum atomic E-state index is 0. The summed E-state index contributed by atoms with van der Waals surface area (Å²) in [6, 6.07) is 21.5. The second kappa shape index (κ2) is 12.4. The first-order valence-electron chi connectivity index (χ1n) is 10.4. The van der Waals surface area contributed by atoms with Crippen LogP contribution in [0.5, 0.6) is 0 Å². The lowest BCUT2D eigenvalue weighted by molar-refractivity contribution is 0.797. The van der Waals surface area contributed by atoms with Crippen LogP contribution in [0.25, 0.3) is 11.1 Å². The first kappa shape index (κ1) is 24.0. The third-order valence-electron chi connectivity index (χ3n) is 5.12. The Morgan fingerprint density at radius 3 is 2.59 bits per heavy atom. The van der Waals surface area contributed by atoms with Gasteiger partial charge in [-0.2, -0.15) is 0 Å². The van der Waals surface area contributed by atoms with E-state index in [-0.39, 0.29) is 24.0 Å². The number of nitrogens with one attached hydrogen (secondary N) is 2. The van der Waals surface area contributed by atoms with E-state index >= 15 is 0 Å². The van der Waals surface area contributed by atoms with Gasteiger partial charge in [-0.25, -0.2) is 4.98 Å². The molecular weight excluding hydrogens is 529 g/mol. The highest BCUT2D eigenvalue weighted by Crippen LogP contribution is 2.24. The van der Waals surface area contributed by atoms with Crippen LogP contribution in [0.4, 0.5) is 0 Å². The summed E-state index contributed by atoms with van der Waals surface area (Å²) in [5, 5.41) is 8.97. The molecule has 0 aliphatic carbocycles. The van der Waals surface area contributed by atoms with E-state index in [9.17, 15) is 0 Å². The molecule has 0 radical (unpaired) electrons. The highest BCUT2D eigenvalue weighted by molar-refractivity contribution is 14.0. The molecule has 4 rings (SSSR count). The molecule has 2 aromatic heterocycles. The largest absolute Gasteiger partial charge is 0.356 e. The number of thiophene rings is 1. The van der Waals surface area contributed by atoms with Crippen molar-refractivity contribution in [2.24, 2.45) is 4.99 Å². The number of hydrogen-bond acceptors (Lipinski definition) is 3. The van der Waals surface area contributed by atoms with Gasteiger partial charge in [0.15, 0.2) is 5.96 Å². The van der Waals surface area contributed by atoms with E-state index in [0.29, 0.717) is 6.54 Å². The van der Waals surface area contributed by atoms with Gasteiger partial charge in [-0.3, -0.25) is 4.99 Å². The number of aromatic nitrogens is 2. The summed E-state index contributed by atoms with van der Waals surface area (Å²) < 4.78 is 2.07. The van der Waals surface area contributed by atoms with Crippen molar-refractivity contribution in [2.45, 2.75) is 19.5 Å². The fraction of sp³-hybridized carbons (Fsp3) is 0.200. The molecule has 0 amide bonds. The topological polar surface area (TPSA) is 54.2 Å². The van der Waals surface area contributed by atoms with E-state index in [1.54, 1.807) is 11.3 Å². The van der Waals surface area contributed by atoms with Crippen LogP contribution in [0, 0.1) is 0 Å². The van der Waals surface area contributed by atoms with E-state index in [1.807, 2.05) is 25.8 Å². The van der Waals surface area contributed by atoms with Crippen molar-refractivity contribution in [1.29, 1.82) is 0 Å². The van der Waals surface area contributed by atoms with Gasteiger partial charge in [0, 0.05) is 44.0 Å². The summed E-state index contributed by atoms with van der Waals surface area (Å²) in [5.74, 6) is 0.821. The molecule has 2 aromatic carbocycles. The number of halogens is 1. The lowest BCUT2D eigenvalue weighted by Crippen LogP contribution is -2.37.